The van der Waals surface area contributed by atoms with Gasteiger partial charge in [-0.2, -0.15) is 5.10 Å². The van der Waals surface area contributed by atoms with Crippen LogP contribution in [0.5, 0.6) is 0 Å². The molecule has 2 N–H and O–H groups in total. The molecule has 0 spiro atoms. The van der Waals surface area contributed by atoms with Crippen LogP contribution in [0.1, 0.15) is 30.8 Å². The summed E-state index contributed by atoms with van der Waals surface area (Å²) in [5.41, 5.74) is 1.57. The first-order valence-electron chi connectivity index (χ1n) is 8.84. The topological polar surface area (TPSA) is 95.5 Å². The van der Waals surface area contributed by atoms with E-state index in [1.54, 1.807) is 19.1 Å². The van der Waals surface area contributed by atoms with Gasteiger partial charge in [-0.25, -0.2) is 0 Å². The van der Waals surface area contributed by atoms with E-state index in [2.05, 4.69) is 10.2 Å². The first-order valence-corrected chi connectivity index (χ1v) is 9.22. The predicted molar refractivity (Wildman–Crippen MR) is 103 cm³/mol. The van der Waals surface area contributed by atoms with Crippen molar-refractivity contribution in [2.24, 2.45) is 5.92 Å². The first kappa shape index (κ1) is 20.9. The van der Waals surface area contributed by atoms with Gasteiger partial charge >= 0.3 is 5.97 Å². The molecule has 0 aliphatic heterocycles. The van der Waals surface area contributed by atoms with Crippen LogP contribution in [0, 0.1) is 5.92 Å². The van der Waals surface area contributed by atoms with Crippen molar-refractivity contribution in [2.45, 2.75) is 20.3 Å². The fourth-order valence-electron chi connectivity index (χ4n) is 2.59. The van der Waals surface area contributed by atoms with Gasteiger partial charge in [0.1, 0.15) is 5.69 Å². The molecule has 1 aromatic carbocycles. The summed E-state index contributed by atoms with van der Waals surface area (Å²) in [4.78, 5) is 25.6. The van der Waals surface area contributed by atoms with Crippen LogP contribution in [0.3, 0.4) is 0 Å². The number of amides is 1. The van der Waals surface area contributed by atoms with E-state index in [-0.39, 0.29) is 12.5 Å². The number of carbonyl (C=O) groups is 2. The maximum atomic E-state index is 12.9. The second-order valence-electron chi connectivity index (χ2n) is 6.19. The molecular formula is C19H24ClN3O4. The Morgan fingerprint density at radius 2 is 2.11 bits per heavy atom. The quantitative estimate of drug-likeness (QED) is 0.603. The number of hydrogen-bond acceptors (Lipinski definition) is 4. The van der Waals surface area contributed by atoms with E-state index in [9.17, 15) is 14.7 Å². The zero-order valence-electron chi connectivity index (χ0n) is 15.4. The lowest BCUT2D eigenvalue weighted by atomic mass is 10.1. The molecule has 2 aromatic rings. The van der Waals surface area contributed by atoms with Crippen LogP contribution in [0.2, 0.25) is 5.02 Å². The number of nitrogens with zero attached hydrogens (tertiary/aromatic N) is 2. The van der Waals surface area contributed by atoms with Crippen LogP contribution in [0.25, 0.3) is 11.3 Å². The summed E-state index contributed by atoms with van der Waals surface area (Å²) < 4.78 is 5.31. The number of aromatic nitrogens is 2. The number of carboxylic acid groups (broad SMARTS) is 1. The van der Waals surface area contributed by atoms with Gasteiger partial charge in [0, 0.05) is 31.9 Å². The summed E-state index contributed by atoms with van der Waals surface area (Å²) in [7, 11) is 0. The smallest absolute Gasteiger partial charge is 0.308 e. The number of ether oxygens (including phenoxy) is 1. The summed E-state index contributed by atoms with van der Waals surface area (Å²) in [5, 5.41) is 16.6. The normalized spacial score (nSPS) is 12.0. The summed E-state index contributed by atoms with van der Waals surface area (Å²) in [5.74, 6) is -1.92. The highest BCUT2D eigenvalue weighted by molar-refractivity contribution is 6.33. The molecule has 0 radical (unpaired) electrons. The van der Waals surface area contributed by atoms with Gasteiger partial charge in [-0.1, -0.05) is 36.7 Å². The second kappa shape index (κ2) is 10.1. The maximum absolute atomic E-state index is 12.9. The number of benzene rings is 1. The van der Waals surface area contributed by atoms with Gasteiger partial charge in [-0.15, -0.1) is 0 Å². The number of aromatic amines is 1. The molecule has 0 saturated carbocycles. The van der Waals surface area contributed by atoms with Crippen LogP contribution < -0.4 is 0 Å². The highest BCUT2D eigenvalue weighted by Crippen LogP contribution is 2.26. The molecule has 0 aliphatic carbocycles. The lowest BCUT2D eigenvalue weighted by Gasteiger charge is -2.24. The number of carbonyl (C=O) groups excluding carboxylic acids is 1. The molecule has 0 aliphatic rings. The molecule has 27 heavy (non-hydrogen) atoms. The second-order valence-corrected chi connectivity index (χ2v) is 6.59. The Kier molecular flexibility index (Phi) is 7.82. The lowest BCUT2D eigenvalue weighted by molar-refractivity contribution is -0.141. The zero-order valence-corrected chi connectivity index (χ0v) is 16.2. The Balaban J connectivity index is 2.16. The summed E-state index contributed by atoms with van der Waals surface area (Å²) in [6, 6.07) is 8.86. The van der Waals surface area contributed by atoms with E-state index in [1.165, 1.54) is 4.90 Å². The van der Waals surface area contributed by atoms with Crippen LogP contribution in [0.4, 0.5) is 0 Å². The maximum Gasteiger partial charge on any atom is 0.308 e. The summed E-state index contributed by atoms with van der Waals surface area (Å²) in [6.45, 7) is 5.10. The standard InChI is InChI=1S/C19H24ClN3O4/c1-3-27-10-6-9-23(12-13(2)19(25)26)18(24)17-11-16(21-22-17)14-7-4-5-8-15(14)20/h4-5,7-8,11,13H,3,6,9-10,12H2,1-2H3,(H,21,22)(H,25,26). The van der Waals surface area contributed by atoms with Gasteiger partial charge in [-0.3, -0.25) is 14.7 Å². The largest absolute Gasteiger partial charge is 0.481 e. The van der Waals surface area contributed by atoms with Crippen molar-refractivity contribution in [3.63, 3.8) is 0 Å². The summed E-state index contributed by atoms with van der Waals surface area (Å²) in [6.07, 6.45) is 0.622. The average Bonchev–Trinajstić information content (AvgIpc) is 3.13. The van der Waals surface area contributed by atoms with Gasteiger partial charge in [-0.05, 0) is 25.5 Å². The number of carboxylic acids is 1. The molecule has 0 fully saturated rings. The van der Waals surface area contributed by atoms with Gasteiger partial charge in [0.05, 0.1) is 16.6 Å². The molecule has 146 valence electrons. The van der Waals surface area contributed by atoms with Gasteiger partial charge < -0.3 is 14.7 Å². The third-order valence-corrected chi connectivity index (χ3v) is 4.41. The minimum atomic E-state index is -0.945. The van der Waals surface area contributed by atoms with Crippen molar-refractivity contribution >= 4 is 23.5 Å². The Bertz CT molecular complexity index is 778. The van der Waals surface area contributed by atoms with E-state index in [0.717, 1.165) is 5.56 Å². The van der Waals surface area contributed by atoms with Crippen molar-refractivity contribution in [3.8, 4) is 11.3 Å². The van der Waals surface area contributed by atoms with Crippen molar-refractivity contribution in [1.82, 2.24) is 15.1 Å². The summed E-state index contributed by atoms with van der Waals surface area (Å²) >= 11 is 6.18. The van der Waals surface area contributed by atoms with Crippen molar-refractivity contribution < 1.29 is 19.4 Å². The Morgan fingerprint density at radius 1 is 1.37 bits per heavy atom. The lowest BCUT2D eigenvalue weighted by Crippen LogP contribution is -2.38. The highest BCUT2D eigenvalue weighted by Gasteiger charge is 2.23. The Morgan fingerprint density at radius 3 is 2.78 bits per heavy atom. The molecule has 7 nitrogen and oxygen atoms in total. The highest BCUT2D eigenvalue weighted by atomic mass is 35.5. The number of rotatable bonds is 10. The molecule has 0 bridgehead atoms. The van der Waals surface area contributed by atoms with E-state index in [1.807, 2.05) is 25.1 Å². The van der Waals surface area contributed by atoms with E-state index >= 15 is 0 Å². The Labute approximate surface area is 163 Å². The molecular weight excluding hydrogens is 370 g/mol. The molecule has 0 saturated heterocycles. The first-order chi connectivity index (χ1) is 12.9. The minimum Gasteiger partial charge on any atom is -0.481 e. The van der Waals surface area contributed by atoms with E-state index in [4.69, 9.17) is 16.3 Å². The third-order valence-electron chi connectivity index (χ3n) is 4.08. The van der Waals surface area contributed by atoms with Crippen LogP contribution in [-0.2, 0) is 9.53 Å². The SMILES string of the molecule is CCOCCCN(CC(C)C(=O)O)C(=O)c1cc(-c2ccccc2Cl)n[nH]1. The molecule has 8 heteroatoms. The van der Waals surface area contributed by atoms with Gasteiger partial charge in [0.25, 0.3) is 5.91 Å². The van der Waals surface area contributed by atoms with Crippen LogP contribution >= 0.6 is 11.6 Å². The monoisotopic (exact) mass is 393 g/mol. The van der Waals surface area contributed by atoms with Gasteiger partial charge in [0.15, 0.2) is 0 Å². The minimum absolute atomic E-state index is 0.112. The van der Waals surface area contributed by atoms with Crippen LogP contribution in [0.15, 0.2) is 30.3 Å². The number of nitrogens with one attached hydrogen (secondary N) is 1. The Hall–Kier alpha value is -2.38. The average molecular weight is 394 g/mol. The molecule has 1 aromatic heterocycles. The van der Waals surface area contributed by atoms with Crippen LogP contribution in [-0.4, -0.2) is 58.4 Å². The molecule has 1 amide bonds. The zero-order chi connectivity index (χ0) is 19.8. The molecule has 1 atom stereocenters. The van der Waals surface area contributed by atoms with Gasteiger partial charge in [0.2, 0.25) is 0 Å². The number of halogens is 1. The predicted octanol–water partition coefficient (Wildman–Crippen LogP) is 3.32. The molecule has 1 unspecified atom stereocenters. The molecule has 1 heterocycles. The number of aliphatic carboxylic acids is 1. The van der Waals surface area contributed by atoms with E-state index < -0.39 is 11.9 Å². The van der Waals surface area contributed by atoms with Crippen molar-refractivity contribution in [2.75, 3.05) is 26.3 Å². The van der Waals surface area contributed by atoms with E-state index in [0.29, 0.717) is 42.6 Å². The fourth-order valence-corrected chi connectivity index (χ4v) is 2.83. The number of H-pyrrole nitrogens is 1. The third kappa shape index (κ3) is 5.80. The van der Waals surface area contributed by atoms with Crippen molar-refractivity contribution in [1.29, 1.82) is 0 Å². The van der Waals surface area contributed by atoms with Crippen molar-refractivity contribution in [3.05, 3.63) is 41.0 Å². The fraction of sp³-hybridized carbons (Fsp3) is 0.421. The molecule has 2 rings (SSSR count). The number of hydrogen-bond donors (Lipinski definition) is 2.